The molecule has 6 aromatic carbocycles. The molecule has 0 atom stereocenters. The maximum atomic E-state index is 6.28. The van der Waals surface area contributed by atoms with Gasteiger partial charge in [-0.25, -0.2) is 0 Å². The fraction of sp³-hybridized carbons (Fsp3) is 0. The predicted octanol–water partition coefficient (Wildman–Crippen LogP) is 9.60. The largest absolute Gasteiger partial charge is 0.456 e. The molecule has 0 radical (unpaired) electrons. The first kappa shape index (κ1) is 21.8. The summed E-state index contributed by atoms with van der Waals surface area (Å²) in [5.74, 6) is 0. The van der Waals surface area contributed by atoms with Crippen LogP contribution in [0.1, 0.15) is 0 Å². The first-order chi connectivity index (χ1) is 19.2. The number of furan rings is 1. The maximum absolute atomic E-state index is 6.28. The molecule has 2 N–H and O–H groups in total. The van der Waals surface area contributed by atoms with E-state index in [0.29, 0.717) is 0 Å². The number of nitrogens with two attached hydrogens (primary N) is 1. The molecule has 8 rings (SSSR count). The minimum atomic E-state index is 0.759. The summed E-state index contributed by atoms with van der Waals surface area (Å²) in [6.07, 6.45) is 0. The van der Waals surface area contributed by atoms with E-state index in [9.17, 15) is 0 Å². The maximum Gasteiger partial charge on any atom is 0.136 e. The molecule has 0 bridgehead atoms. The molecule has 0 aliphatic rings. The number of rotatable bonds is 3. The summed E-state index contributed by atoms with van der Waals surface area (Å²) in [4.78, 5) is 0. The minimum absolute atomic E-state index is 0.759. The van der Waals surface area contributed by atoms with Crippen LogP contribution in [0.2, 0.25) is 0 Å². The second-order valence-electron chi connectivity index (χ2n) is 10.0. The lowest BCUT2D eigenvalue weighted by molar-refractivity contribution is 0.669. The van der Waals surface area contributed by atoms with Crippen molar-refractivity contribution in [3.8, 4) is 27.9 Å². The van der Waals surface area contributed by atoms with Gasteiger partial charge in [0.2, 0.25) is 0 Å². The SMILES string of the molecule is Nc1ccc(-c2cccc3oc4ccc(-c5ccc6c(c5)c5ccccc5n6-c5ccccc5)cc4c23)cc1. The Kier molecular flexibility index (Phi) is 4.67. The van der Waals surface area contributed by atoms with Gasteiger partial charge in [0.1, 0.15) is 11.2 Å². The first-order valence-corrected chi connectivity index (χ1v) is 13.1. The molecule has 0 aliphatic heterocycles. The summed E-state index contributed by atoms with van der Waals surface area (Å²) in [7, 11) is 0. The Balaban J connectivity index is 1.34. The topological polar surface area (TPSA) is 44.1 Å². The highest BCUT2D eigenvalue weighted by Gasteiger charge is 2.16. The van der Waals surface area contributed by atoms with Gasteiger partial charge in [-0.15, -0.1) is 0 Å². The van der Waals surface area contributed by atoms with E-state index in [4.69, 9.17) is 10.2 Å². The summed E-state index contributed by atoms with van der Waals surface area (Å²) in [5.41, 5.74) is 16.7. The molecule has 0 aliphatic carbocycles. The van der Waals surface area contributed by atoms with Crippen LogP contribution in [-0.2, 0) is 0 Å². The third-order valence-electron chi connectivity index (χ3n) is 7.74. The Hall–Kier alpha value is -5.28. The number of para-hydroxylation sites is 2. The molecule has 8 aromatic rings. The van der Waals surface area contributed by atoms with Crippen molar-refractivity contribution in [3.63, 3.8) is 0 Å². The fourth-order valence-electron chi connectivity index (χ4n) is 5.92. The van der Waals surface area contributed by atoms with Crippen molar-refractivity contribution in [2.45, 2.75) is 0 Å². The van der Waals surface area contributed by atoms with Gasteiger partial charge in [0.25, 0.3) is 0 Å². The van der Waals surface area contributed by atoms with Gasteiger partial charge in [-0.3, -0.25) is 0 Å². The highest BCUT2D eigenvalue weighted by Crippen LogP contribution is 2.40. The molecule has 3 heteroatoms. The third kappa shape index (κ3) is 3.37. The van der Waals surface area contributed by atoms with Gasteiger partial charge in [0, 0.05) is 32.9 Å². The van der Waals surface area contributed by atoms with Crippen molar-refractivity contribution < 1.29 is 4.42 Å². The molecule has 0 spiro atoms. The lowest BCUT2D eigenvalue weighted by atomic mass is 9.97. The quantitative estimate of drug-likeness (QED) is 0.245. The second-order valence-corrected chi connectivity index (χ2v) is 10.0. The summed E-state index contributed by atoms with van der Waals surface area (Å²) >= 11 is 0. The van der Waals surface area contributed by atoms with E-state index in [1.54, 1.807) is 0 Å². The Morgan fingerprint density at radius 1 is 0.487 bits per heavy atom. The van der Waals surface area contributed by atoms with Crippen molar-refractivity contribution in [1.82, 2.24) is 4.57 Å². The first-order valence-electron chi connectivity index (χ1n) is 13.1. The highest BCUT2D eigenvalue weighted by atomic mass is 16.3. The lowest BCUT2D eigenvalue weighted by Gasteiger charge is -2.08. The third-order valence-corrected chi connectivity index (χ3v) is 7.74. The molecule has 0 amide bonds. The van der Waals surface area contributed by atoms with Crippen molar-refractivity contribution in [2.75, 3.05) is 5.73 Å². The zero-order valence-electron chi connectivity index (χ0n) is 21.1. The van der Waals surface area contributed by atoms with Gasteiger partial charge >= 0.3 is 0 Å². The summed E-state index contributed by atoms with van der Waals surface area (Å²) in [5, 5.41) is 4.73. The molecule has 0 saturated heterocycles. The van der Waals surface area contributed by atoms with Gasteiger partial charge in [-0.2, -0.15) is 0 Å². The van der Waals surface area contributed by atoms with Crippen LogP contribution < -0.4 is 5.73 Å². The Bertz CT molecular complexity index is 2170. The normalized spacial score (nSPS) is 11.7. The zero-order chi connectivity index (χ0) is 25.9. The number of hydrogen-bond donors (Lipinski definition) is 1. The Labute approximate surface area is 225 Å². The van der Waals surface area contributed by atoms with Crippen molar-refractivity contribution in [1.29, 1.82) is 0 Å². The number of anilines is 1. The number of aromatic nitrogens is 1. The summed E-state index contributed by atoms with van der Waals surface area (Å²) < 4.78 is 8.63. The van der Waals surface area contributed by atoms with Gasteiger partial charge in [0.15, 0.2) is 0 Å². The van der Waals surface area contributed by atoms with E-state index >= 15 is 0 Å². The van der Waals surface area contributed by atoms with Crippen LogP contribution in [0.15, 0.2) is 138 Å². The van der Waals surface area contributed by atoms with Gasteiger partial charge in [0.05, 0.1) is 11.0 Å². The number of hydrogen-bond acceptors (Lipinski definition) is 2. The van der Waals surface area contributed by atoms with Gasteiger partial charge in [-0.1, -0.05) is 72.8 Å². The molecule has 39 heavy (non-hydrogen) atoms. The monoisotopic (exact) mass is 500 g/mol. The second kappa shape index (κ2) is 8.37. The molecule has 2 aromatic heterocycles. The van der Waals surface area contributed by atoms with Crippen LogP contribution >= 0.6 is 0 Å². The smallest absolute Gasteiger partial charge is 0.136 e. The van der Waals surface area contributed by atoms with Crippen LogP contribution in [0.25, 0.3) is 71.7 Å². The Morgan fingerprint density at radius 3 is 2.03 bits per heavy atom. The molecular weight excluding hydrogens is 476 g/mol. The van der Waals surface area contributed by atoms with Crippen LogP contribution in [0.4, 0.5) is 5.69 Å². The van der Waals surface area contributed by atoms with Crippen molar-refractivity contribution in [3.05, 3.63) is 133 Å². The van der Waals surface area contributed by atoms with Crippen molar-refractivity contribution in [2.24, 2.45) is 0 Å². The van der Waals surface area contributed by atoms with E-state index in [1.165, 1.54) is 27.4 Å². The average Bonchev–Trinajstić information content (AvgIpc) is 3.53. The molecule has 3 nitrogen and oxygen atoms in total. The highest BCUT2D eigenvalue weighted by molar-refractivity contribution is 6.14. The Morgan fingerprint density at radius 2 is 1.18 bits per heavy atom. The van der Waals surface area contributed by atoms with Crippen LogP contribution in [0.3, 0.4) is 0 Å². The van der Waals surface area contributed by atoms with Crippen molar-refractivity contribution >= 4 is 49.4 Å². The number of benzene rings is 6. The van der Waals surface area contributed by atoms with Crippen LogP contribution in [-0.4, -0.2) is 4.57 Å². The zero-order valence-corrected chi connectivity index (χ0v) is 21.1. The van der Waals surface area contributed by atoms with E-state index in [0.717, 1.165) is 50.0 Å². The number of nitrogens with zero attached hydrogens (tertiary/aromatic N) is 1. The molecular formula is C36H24N2O. The van der Waals surface area contributed by atoms with Gasteiger partial charge in [-0.05, 0) is 82.9 Å². The van der Waals surface area contributed by atoms with E-state index in [-0.39, 0.29) is 0 Å². The molecule has 184 valence electrons. The summed E-state index contributed by atoms with van der Waals surface area (Å²) in [6.45, 7) is 0. The molecule has 2 heterocycles. The fourth-order valence-corrected chi connectivity index (χ4v) is 5.92. The summed E-state index contributed by atoms with van der Waals surface area (Å²) in [6, 6.07) is 46.8. The van der Waals surface area contributed by atoms with E-state index < -0.39 is 0 Å². The minimum Gasteiger partial charge on any atom is -0.456 e. The molecule has 0 fully saturated rings. The lowest BCUT2D eigenvalue weighted by Crippen LogP contribution is -1.92. The van der Waals surface area contributed by atoms with E-state index in [1.807, 2.05) is 24.3 Å². The molecule has 0 unspecified atom stereocenters. The van der Waals surface area contributed by atoms with Crippen LogP contribution in [0, 0.1) is 0 Å². The van der Waals surface area contributed by atoms with Crippen LogP contribution in [0.5, 0.6) is 0 Å². The molecule has 0 saturated carbocycles. The van der Waals surface area contributed by atoms with Gasteiger partial charge < -0.3 is 14.7 Å². The van der Waals surface area contributed by atoms with E-state index in [2.05, 4.69) is 114 Å². The predicted molar refractivity (Wildman–Crippen MR) is 163 cm³/mol. The standard InChI is InChI=1S/C36H24N2O/c37-26-17-13-23(14-18-26)28-10-6-12-35-36(28)31-22-25(16-20-34(31)39-35)24-15-19-33-30(21-24)29-9-4-5-11-32(29)38(33)27-7-2-1-3-8-27/h1-22H,37H2. The average molecular weight is 501 g/mol. The number of nitrogen functional groups attached to an aromatic ring is 1. The number of fused-ring (bicyclic) bond motifs is 6.